The normalized spacial score (nSPS) is 10.5. The number of pyridine rings is 1. The van der Waals surface area contributed by atoms with Gasteiger partial charge >= 0.3 is 0 Å². The van der Waals surface area contributed by atoms with E-state index >= 15 is 0 Å². The Morgan fingerprint density at radius 2 is 2.00 bits per heavy atom. The van der Waals surface area contributed by atoms with Crippen molar-refractivity contribution in [1.29, 1.82) is 0 Å². The molecule has 13 heavy (non-hydrogen) atoms. The van der Waals surface area contributed by atoms with Crippen LogP contribution in [-0.2, 0) is 6.61 Å². The number of nitrogens with zero attached hydrogens (tertiary/aromatic N) is 1. The number of fused-ring (bicyclic) bond motifs is 1. The fraction of sp³-hybridized carbons (Fsp3) is 0.100. The third-order valence-electron chi connectivity index (χ3n) is 2.03. The van der Waals surface area contributed by atoms with Crippen molar-refractivity contribution >= 4 is 10.8 Å². The fourth-order valence-electron chi connectivity index (χ4n) is 1.43. The van der Waals surface area contributed by atoms with Crippen molar-refractivity contribution < 1.29 is 9.84 Å². The van der Waals surface area contributed by atoms with E-state index in [-0.39, 0.29) is 6.61 Å². The molecule has 66 valence electrons. The van der Waals surface area contributed by atoms with Gasteiger partial charge in [-0.15, -0.1) is 0 Å². The summed E-state index contributed by atoms with van der Waals surface area (Å²) < 4.78 is 0.716. The summed E-state index contributed by atoms with van der Waals surface area (Å²) in [6.07, 6.45) is 2.89. The number of hydrogen-bond acceptors (Lipinski definition) is 2. The van der Waals surface area contributed by atoms with Crippen LogP contribution in [0.3, 0.4) is 0 Å². The predicted octanol–water partition coefficient (Wildman–Crippen LogP) is 0.966. The zero-order chi connectivity index (χ0) is 9.26. The number of hydrogen-bond donors (Lipinski definition) is 1. The smallest absolute Gasteiger partial charge is 0.188 e. The van der Waals surface area contributed by atoms with Gasteiger partial charge in [-0.2, -0.15) is 4.73 Å². The predicted molar refractivity (Wildman–Crippen MR) is 48.8 cm³/mol. The van der Waals surface area contributed by atoms with Crippen molar-refractivity contribution in [2.45, 2.75) is 6.61 Å². The first-order chi connectivity index (χ1) is 6.31. The minimum Gasteiger partial charge on any atom is -0.619 e. The molecule has 3 nitrogen and oxygen atoms in total. The van der Waals surface area contributed by atoms with Gasteiger partial charge in [0.25, 0.3) is 0 Å². The molecule has 0 aliphatic rings. The molecular formula is C10H9NO2. The van der Waals surface area contributed by atoms with Gasteiger partial charge in [0.1, 0.15) is 0 Å². The van der Waals surface area contributed by atoms with Crippen LogP contribution in [0.5, 0.6) is 0 Å². The van der Waals surface area contributed by atoms with Crippen LogP contribution in [0.15, 0.2) is 36.7 Å². The highest BCUT2D eigenvalue weighted by Gasteiger charge is 2.04. The zero-order valence-corrected chi connectivity index (χ0v) is 6.97. The SMILES string of the molecule is [O-][n+]1cc(CO)c2ccccc2c1. The largest absolute Gasteiger partial charge is 0.619 e. The van der Waals surface area contributed by atoms with E-state index in [4.69, 9.17) is 5.11 Å². The van der Waals surface area contributed by atoms with E-state index < -0.39 is 0 Å². The van der Waals surface area contributed by atoms with Gasteiger partial charge in [0.2, 0.25) is 0 Å². The monoisotopic (exact) mass is 175 g/mol. The molecule has 0 bridgehead atoms. The van der Waals surface area contributed by atoms with Gasteiger partial charge in [0, 0.05) is 5.39 Å². The summed E-state index contributed by atoms with van der Waals surface area (Å²) >= 11 is 0. The molecule has 2 aromatic rings. The lowest BCUT2D eigenvalue weighted by molar-refractivity contribution is -0.604. The molecule has 0 amide bonds. The molecular weight excluding hydrogens is 166 g/mol. The second-order valence-electron chi connectivity index (χ2n) is 2.89. The van der Waals surface area contributed by atoms with Crippen LogP contribution in [0.2, 0.25) is 0 Å². The number of aliphatic hydroxyl groups is 1. The van der Waals surface area contributed by atoms with Crippen LogP contribution in [0.4, 0.5) is 0 Å². The Bertz CT molecular complexity index is 440. The topological polar surface area (TPSA) is 47.2 Å². The summed E-state index contributed by atoms with van der Waals surface area (Å²) in [6.45, 7) is -0.108. The summed E-state index contributed by atoms with van der Waals surface area (Å²) in [4.78, 5) is 0. The molecule has 0 saturated heterocycles. The lowest BCUT2D eigenvalue weighted by Gasteiger charge is -2.03. The Kier molecular flexibility index (Phi) is 1.87. The van der Waals surface area contributed by atoms with Crippen molar-refractivity contribution in [2.24, 2.45) is 0 Å². The highest BCUT2D eigenvalue weighted by Crippen LogP contribution is 2.15. The lowest BCUT2D eigenvalue weighted by Crippen LogP contribution is -2.25. The minimum absolute atomic E-state index is 0.108. The molecule has 0 spiro atoms. The van der Waals surface area contributed by atoms with Crippen LogP contribution in [0, 0.1) is 5.21 Å². The first-order valence-electron chi connectivity index (χ1n) is 4.02. The van der Waals surface area contributed by atoms with Crippen LogP contribution < -0.4 is 4.73 Å². The van der Waals surface area contributed by atoms with Crippen molar-refractivity contribution in [3.05, 3.63) is 47.4 Å². The summed E-state index contributed by atoms with van der Waals surface area (Å²) in [5.74, 6) is 0. The third-order valence-corrected chi connectivity index (χ3v) is 2.03. The number of benzene rings is 1. The molecule has 1 aromatic heterocycles. The second kappa shape index (κ2) is 3.03. The Balaban J connectivity index is 2.81. The molecule has 0 radical (unpaired) electrons. The second-order valence-corrected chi connectivity index (χ2v) is 2.89. The van der Waals surface area contributed by atoms with E-state index in [2.05, 4.69) is 0 Å². The standard InChI is InChI=1S/C10H9NO2/c12-7-9-6-11(13)5-8-3-1-2-4-10(8)9/h1-6,12H,7H2. The molecule has 0 atom stereocenters. The highest BCUT2D eigenvalue weighted by atomic mass is 16.5. The van der Waals surface area contributed by atoms with Gasteiger partial charge in [0.05, 0.1) is 12.2 Å². The molecule has 0 aliphatic carbocycles. The Labute approximate surface area is 75.5 Å². The lowest BCUT2D eigenvalue weighted by atomic mass is 10.1. The molecule has 0 aliphatic heterocycles. The Morgan fingerprint density at radius 3 is 2.77 bits per heavy atom. The van der Waals surface area contributed by atoms with Gasteiger partial charge in [-0.1, -0.05) is 18.2 Å². The molecule has 3 heteroatoms. The number of aliphatic hydroxyl groups excluding tert-OH is 1. The summed E-state index contributed by atoms with van der Waals surface area (Å²) in [7, 11) is 0. The van der Waals surface area contributed by atoms with E-state index in [1.807, 2.05) is 24.3 Å². The maximum Gasteiger partial charge on any atom is 0.188 e. The van der Waals surface area contributed by atoms with E-state index in [1.54, 1.807) is 0 Å². The number of rotatable bonds is 1. The summed E-state index contributed by atoms with van der Waals surface area (Å²) in [5, 5.41) is 21.9. The third kappa shape index (κ3) is 1.34. The van der Waals surface area contributed by atoms with Gasteiger partial charge in [-0.3, -0.25) is 0 Å². The Hall–Kier alpha value is -1.61. The average molecular weight is 175 g/mol. The summed E-state index contributed by atoms with van der Waals surface area (Å²) in [6, 6.07) is 7.49. The molecule has 1 N–H and O–H groups in total. The Morgan fingerprint density at radius 1 is 1.23 bits per heavy atom. The molecule has 2 rings (SSSR count). The van der Waals surface area contributed by atoms with Crippen LogP contribution in [0.1, 0.15) is 5.56 Å². The van der Waals surface area contributed by atoms with Gasteiger partial charge in [-0.25, -0.2) is 0 Å². The first-order valence-corrected chi connectivity index (χ1v) is 4.02. The van der Waals surface area contributed by atoms with Crippen molar-refractivity contribution in [3.8, 4) is 0 Å². The van der Waals surface area contributed by atoms with E-state index in [0.717, 1.165) is 10.8 Å². The fourth-order valence-corrected chi connectivity index (χ4v) is 1.43. The number of aromatic nitrogens is 1. The molecule has 0 unspecified atom stereocenters. The van der Waals surface area contributed by atoms with Crippen molar-refractivity contribution in [2.75, 3.05) is 0 Å². The van der Waals surface area contributed by atoms with Crippen LogP contribution in [0.25, 0.3) is 10.8 Å². The van der Waals surface area contributed by atoms with E-state index in [0.29, 0.717) is 10.3 Å². The van der Waals surface area contributed by atoms with Crippen molar-refractivity contribution in [1.82, 2.24) is 0 Å². The van der Waals surface area contributed by atoms with Crippen LogP contribution >= 0.6 is 0 Å². The molecule has 1 aromatic carbocycles. The quantitative estimate of drug-likeness (QED) is 0.518. The zero-order valence-electron chi connectivity index (χ0n) is 6.97. The van der Waals surface area contributed by atoms with E-state index in [1.165, 1.54) is 12.4 Å². The van der Waals surface area contributed by atoms with Crippen molar-refractivity contribution in [3.63, 3.8) is 0 Å². The molecule has 0 fully saturated rings. The van der Waals surface area contributed by atoms with Crippen LogP contribution in [-0.4, -0.2) is 5.11 Å². The molecule has 1 heterocycles. The average Bonchev–Trinajstić information content (AvgIpc) is 2.16. The minimum atomic E-state index is -0.108. The maximum absolute atomic E-state index is 11.1. The maximum atomic E-state index is 11.1. The highest BCUT2D eigenvalue weighted by molar-refractivity contribution is 5.83. The molecule has 0 saturated carbocycles. The van der Waals surface area contributed by atoms with E-state index in [9.17, 15) is 5.21 Å². The van der Waals surface area contributed by atoms with Gasteiger partial charge in [-0.05, 0) is 11.5 Å². The first kappa shape index (κ1) is 8.01. The van der Waals surface area contributed by atoms with Gasteiger partial charge < -0.3 is 10.3 Å². The van der Waals surface area contributed by atoms with Gasteiger partial charge in [0.15, 0.2) is 12.4 Å². The summed E-state index contributed by atoms with van der Waals surface area (Å²) in [5.41, 5.74) is 0.660.